The number of amides is 4. The summed E-state index contributed by atoms with van der Waals surface area (Å²) >= 11 is 0. The average molecular weight is 405 g/mol. The van der Waals surface area contributed by atoms with E-state index in [1.54, 1.807) is 12.1 Å². The van der Waals surface area contributed by atoms with E-state index in [1.807, 2.05) is 0 Å². The van der Waals surface area contributed by atoms with Crippen LogP contribution in [0.4, 0.5) is 4.79 Å². The van der Waals surface area contributed by atoms with Gasteiger partial charge in [-0.05, 0) is 42.7 Å². The predicted molar refractivity (Wildman–Crippen MR) is 101 cm³/mol. The molecule has 1 saturated carbocycles. The highest BCUT2D eigenvalue weighted by Gasteiger charge is 2.56. The Bertz CT molecular complexity index is 803. The predicted octanol–water partition coefficient (Wildman–Crippen LogP) is 1.58. The first-order valence-corrected chi connectivity index (χ1v) is 9.69. The molecule has 2 fully saturated rings. The normalized spacial score (nSPS) is 25.8. The van der Waals surface area contributed by atoms with E-state index in [2.05, 4.69) is 31.4 Å². The van der Waals surface area contributed by atoms with Gasteiger partial charge >= 0.3 is 12.0 Å². The van der Waals surface area contributed by atoms with Crippen LogP contribution in [-0.4, -0.2) is 47.4 Å². The quantitative estimate of drug-likeness (QED) is 0.548. The third-order valence-electron chi connectivity index (χ3n) is 5.32. The smallest absolute Gasteiger partial charge is 0.326 e. The molecule has 2 N–H and O–H groups in total. The molecule has 2 aliphatic rings. The van der Waals surface area contributed by atoms with Gasteiger partial charge in [0.15, 0.2) is 6.61 Å². The molecule has 1 aromatic heterocycles. The maximum absolute atomic E-state index is 13.0. The lowest BCUT2D eigenvalue weighted by Crippen LogP contribution is -2.54. The van der Waals surface area contributed by atoms with Gasteiger partial charge in [-0.3, -0.25) is 19.3 Å². The van der Waals surface area contributed by atoms with E-state index >= 15 is 0 Å². The van der Waals surface area contributed by atoms with Crippen LogP contribution in [0.1, 0.15) is 45.8 Å². The molecular weight excluding hydrogens is 378 g/mol. The number of esters is 1. The van der Waals surface area contributed by atoms with Crippen molar-refractivity contribution in [3.05, 3.63) is 24.2 Å². The monoisotopic (exact) mass is 405 g/mol. The molecular formula is C20H27N3O6. The van der Waals surface area contributed by atoms with Crippen molar-refractivity contribution < 1.29 is 28.3 Å². The standard InChI is InChI=1S/C20H27N3O6/c1-13-7-19(2,3)12-20(8-13)17(26)23(18(27)22-20)10-16(25)29-11-15(24)21-9-14-5-4-6-28-14/h4-6,13H,7-12H2,1-3H3,(H,21,24)(H,22,27)/t13-,20-/m0/s1. The van der Waals surface area contributed by atoms with Crippen molar-refractivity contribution in [1.29, 1.82) is 0 Å². The molecule has 2 heterocycles. The van der Waals surface area contributed by atoms with Crippen LogP contribution in [0.25, 0.3) is 0 Å². The second kappa shape index (κ2) is 7.88. The number of ether oxygens (including phenoxy) is 1. The summed E-state index contributed by atoms with van der Waals surface area (Å²) in [5.74, 6) is -0.888. The summed E-state index contributed by atoms with van der Waals surface area (Å²) in [7, 11) is 0. The molecule has 29 heavy (non-hydrogen) atoms. The number of carbonyl (C=O) groups is 4. The maximum Gasteiger partial charge on any atom is 0.326 e. The van der Waals surface area contributed by atoms with Gasteiger partial charge in [-0.1, -0.05) is 20.8 Å². The number of furan rings is 1. The Balaban J connectivity index is 1.52. The van der Waals surface area contributed by atoms with E-state index in [-0.39, 0.29) is 17.9 Å². The van der Waals surface area contributed by atoms with Crippen LogP contribution >= 0.6 is 0 Å². The topological polar surface area (TPSA) is 118 Å². The molecule has 1 saturated heterocycles. The molecule has 9 heteroatoms. The van der Waals surface area contributed by atoms with Crippen LogP contribution in [0.2, 0.25) is 0 Å². The zero-order chi connectivity index (χ0) is 21.2. The molecule has 1 spiro atoms. The molecule has 0 radical (unpaired) electrons. The third kappa shape index (κ3) is 4.78. The van der Waals surface area contributed by atoms with Gasteiger partial charge in [0.25, 0.3) is 11.8 Å². The number of hydrogen-bond donors (Lipinski definition) is 2. The van der Waals surface area contributed by atoms with Gasteiger partial charge in [0.2, 0.25) is 0 Å². The first-order chi connectivity index (χ1) is 13.6. The van der Waals surface area contributed by atoms with Crippen molar-refractivity contribution in [2.75, 3.05) is 13.2 Å². The minimum atomic E-state index is -0.973. The number of imide groups is 1. The molecule has 2 atom stereocenters. The van der Waals surface area contributed by atoms with E-state index in [0.717, 1.165) is 11.3 Å². The minimum Gasteiger partial charge on any atom is -0.467 e. The van der Waals surface area contributed by atoms with Crippen LogP contribution in [-0.2, 0) is 25.7 Å². The SMILES string of the molecule is C[C@H]1CC(C)(C)C[C@]2(C1)NC(=O)N(CC(=O)OCC(=O)NCc1ccco1)C2=O. The highest BCUT2D eigenvalue weighted by Crippen LogP contribution is 2.46. The number of carbonyl (C=O) groups excluding carboxylic acids is 4. The fourth-order valence-electron chi connectivity index (χ4n) is 4.62. The van der Waals surface area contributed by atoms with Crippen molar-refractivity contribution in [3.63, 3.8) is 0 Å². The van der Waals surface area contributed by atoms with E-state index < -0.39 is 42.5 Å². The van der Waals surface area contributed by atoms with Crippen molar-refractivity contribution >= 4 is 23.8 Å². The van der Waals surface area contributed by atoms with Gasteiger partial charge in [-0.25, -0.2) is 4.79 Å². The molecule has 4 amide bonds. The summed E-state index contributed by atoms with van der Waals surface area (Å²) in [5.41, 5.74) is -1.07. The van der Waals surface area contributed by atoms with Crippen molar-refractivity contribution in [3.8, 4) is 0 Å². The van der Waals surface area contributed by atoms with Gasteiger partial charge in [-0.2, -0.15) is 0 Å². The second-order valence-electron chi connectivity index (χ2n) is 8.77. The number of nitrogens with one attached hydrogen (secondary N) is 2. The third-order valence-corrected chi connectivity index (χ3v) is 5.32. The molecule has 0 aromatic carbocycles. The fourth-order valence-corrected chi connectivity index (χ4v) is 4.62. The lowest BCUT2D eigenvalue weighted by molar-refractivity contribution is -0.151. The Morgan fingerprint density at radius 1 is 1.34 bits per heavy atom. The van der Waals surface area contributed by atoms with E-state index in [0.29, 0.717) is 18.6 Å². The van der Waals surface area contributed by atoms with Crippen molar-refractivity contribution in [1.82, 2.24) is 15.5 Å². The lowest BCUT2D eigenvalue weighted by Gasteiger charge is -2.43. The van der Waals surface area contributed by atoms with Crippen molar-refractivity contribution in [2.45, 2.75) is 52.1 Å². The van der Waals surface area contributed by atoms with Crippen LogP contribution in [0.5, 0.6) is 0 Å². The number of rotatable bonds is 6. The number of nitrogens with zero attached hydrogens (tertiary/aromatic N) is 1. The van der Waals surface area contributed by atoms with E-state index in [4.69, 9.17) is 9.15 Å². The number of urea groups is 1. The van der Waals surface area contributed by atoms with E-state index in [9.17, 15) is 19.2 Å². The summed E-state index contributed by atoms with van der Waals surface area (Å²) in [6.45, 7) is 5.35. The second-order valence-corrected chi connectivity index (χ2v) is 8.77. The molecule has 3 rings (SSSR count). The Morgan fingerprint density at radius 2 is 2.10 bits per heavy atom. The van der Waals surface area contributed by atoms with Gasteiger partial charge < -0.3 is 19.8 Å². The molecule has 0 bridgehead atoms. The summed E-state index contributed by atoms with van der Waals surface area (Å²) in [6.07, 6.45) is 3.52. The summed E-state index contributed by atoms with van der Waals surface area (Å²) in [6, 6.07) is 2.80. The molecule has 158 valence electrons. The first-order valence-electron chi connectivity index (χ1n) is 9.69. The van der Waals surface area contributed by atoms with Gasteiger partial charge in [0, 0.05) is 0 Å². The average Bonchev–Trinajstić information content (AvgIpc) is 3.19. The fraction of sp³-hybridized carbons (Fsp3) is 0.600. The highest BCUT2D eigenvalue weighted by molar-refractivity contribution is 6.08. The summed E-state index contributed by atoms with van der Waals surface area (Å²) in [5, 5.41) is 5.34. The van der Waals surface area contributed by atoms with Gasteiger partial charge in [0.05, 0.1) is 12.8 Å². The molecule has 1 aliphatic heterocycles. The van der Waals surface area contributed by atoms with Crippen LogP contribution in [0.3, 0.4) is 0 Å². The van der Waals surface area contributed by atoms with E-state index in [1.165, 1.54) is 6.26 Å². The summed E-state index contributed by atoms with van der Waals surface area (Å²) in [4.78, 5) is 50.1. The first kappa shape index (κ1) is 20.9. The van der Waals surface area contributed by atoms with Gasteiger partial charge in [-0.15, -0.1) is 0 Å². The molecule has 1 aromatic rings. The molecule has 9 nitrogen and oxygen atoms in total. The van der Waals surface area contributed by atoms with Crippen molar-refractivity contribution in [2.24, 2.45) is 11.3 Å². The van der Waals surface area contributed by atoms with Crippen LogP contribution < -0.4 is 10.6 Å². The number of hydrogen-bond acceptors (Lipinski definition) is 6. The van der Waals surface area contributed by atoms with Crippen LogP contribution in [0.15, 0.2) is 22.8 Å². The Labute approximate surface area is 169 Å². The molecule has 1 aliphatic carbocycles. The zero-order valence-electron chi connectivity index (χ0n) is 16.9. The van der Waals surface area contributed by atoms with Gasteiger partial charge in [0.1, 0.15) is 17.8 Å². The lowest BCUT2D eigenvalue weighted by atomic mass is 9.64. The van der Waals surface area contributed by atoms with Crippen LogP contribution in [0, 0.1) is 11.3 Å². The largest absolute Gasteiger partial charge is 0.467 e. The Morgan fingerprint density at radius 3 is 2.76 bits per heavy atom. The zero-order valence-corrected chi connectivity index (χ0v) is 16.9. The Kier molecular flexibility index (Phi) is 5.68. The maximum atomic E-state index is 13.0. The summed E-state index contributed by atoms with van der Waals surface area (Å²) < 4.78 is 10.0. The molecule has 0 unspecified atom stereocenters. The highest BCUT2D eigenvalue weighted by atomic mass is 16.5. The Hall–Kier alpha value is -2.84. The minimum absolute atomic E-state index is 0.0940.